The van der Waals surface area contributed by atoms with E-state index in [-0.39, 0.29) is 11.3 Å². The summed E-state index contributed by atoms with van der Waals surface area (Å²) in [6.45, 7) is 1.99. The van der Waals surface area contributed by atoms with Crippen LogP contribution in [0.3, 0.4) is 0 Å². The number of nitrogens with one attached hydrogen (secondary N) is 1. The lowest BCUT2D eigenvalue weighted by Crippen LogP contribution is -2.29. The summed E-state index contributed by atoms with van der Waals surface area (Å²) >= 11 is 0. The predicted molar refractivity (Wildman–Crippen MR) is 145 cm³/mol. The molecular weight excluding hydrogens is 478 g/mol. The zero-order valence-corrected chi connectivity index (χ0v) is 20.5. The van der Waals surface area contributed by atoms with Crippen LogP contribution in [-0.4, -0.2) is 26.8 Å². The van der Waals surface area contributed by atoms with Crippen LogP contribution in [0.1, 0.15) is 22.7 Å². The second-order valence-electron chi connectivity index (χ2n) is 9.12. The van der Waals surface area contributed by atoms with Gasteiger partial charge in [0.05, 0.1) is 11.6 Å². The van der Waals surface area contributed by atoms with Crippen LogP contribution in [0.25, 0.3) is 16.7 Å². The smallest absolute Gasteiger partial charge is 0.300 e. The number of rotatable bonds is 5. The fraction of sp³-hybridized carbons (Fsp3) is 0.0645. The van der Waals surface area contributed by atoms with Gasteiger partial charge in [0.2, 0.25) is 0 Å². The van der Waals surface area contributed by atoms with Gasteiger partial charge in [-0.1, -0.05) is 36.4 Å². The number of nitrogens with zero attached hydrogens (tertiary/aromatic N) is 2. The van der Waals surface area contributed by atoms with Gasteiger partial charge in [-0.15, -0.1) is 0 Å². The molecule has 186 valence electrons. The average molecular weight is 502 g/mol. The number of aryl methyl sites for hydroxylation is 1. The van der Waals surface area contributed by atoms with Crippen LogP contribution in [0.15, 0.2) is 109 Å². The number of pyridine rings is 1. The number of ether oxygens (including phenoxy) is 1. The van der Waals surface area contributed by atoms with Gasteiger partial charge in [0.15, 0.2) is 0 Å². The molecular formula is C31H23N3O4. The molecule has 5 aromatic rings. The van der Waals surface area contributed by atoms with Crippen molar-refractivity contribution in [2.45, 2.75) is 13.0 Å². The molecule has 1 fully saturated rings. The molecule has 1 aliphatic rings. The highest BCUT2D eigenvalue weighted by Gasteiger charge is 2.47. The number of amides is 1. The van der Waals surface area contributed by atoms with E-state index in [4.69, 9.17) is 4.74 Å². The van der Waals surface area contributed by atoms with Crippen molar-refractivity contribution >= 4 is 34.0 Å². The molecule has 2 N–H and O–H groups in total. The average Bonchev–Trinajstić information content (AvgIpc) is 3.48. The van der Waals surface area contributed by atoms with Gasteiger partial charge < -0.3 is 14.8 Å². The highest BCUT2D eigenvalue weighted by Crippen LogP contribution is 2.43. The molecule has 0 radical (unpaired) electrons. The number of ketones is 1. The van der Waals surface area contributed by atoms with Gasteiger partial charge in [0, 0.05) is 40.7 Å². The zero-order valence-electron chi connectivity index (χ0n) is 20.5. The molecule has 1 atom stereocenters. The number of aliphatic hydroxyl groups is 1. The Morgan fingerprint density at radius 1 is 0.947 bits per heavy atom. The highest BCUT2D eigenvalue weighted by molar-refractivity contribution is 6.51. The van der Waals surface area contributed by atoms with Gasteiger partial charge in [0.25, 0.3) is 11.7 Å². The number of carbonyl (C=O) groups excluding carboxylic acids is 2. The van der Waals surface area contributed by atoms with E-state index in [9.17, 15) is 14.7 Å². The second kappa shape index (κ2) is 9.37. The third kappa shape index (κ3) is 4.00. The van der Waals surface area contributed by atoms with Gasteiger partial charge in [-0.25, -0.2) is 0 Å². The number of aliphatic hydroxyl groups excluding tert-OH is 1. The standard InChI is InChI=1S/C31H23N3O4/c1-19-6-4-8-23(16-19)38-22-13-11-21(12-14-22)34-28(20-7-5-15-32-17-20)27(30(36)31(34)37)29(35)25-18-33-26-10-3-2-9-24(25)26/h2-18,28,33,35H,1H3/b29-27-. The lowest BCUT2D eigenvalue weighted by atomic mass is 9.96. The Bertz CT molecular complexity index is 1700. The van der Waals surface area contributed by atoms with Gasteiger partial charge in [-0.2, -0.15) is 0 Å². The van der Waals surface area contributed by atoms with E-state index in [1.54, 1.807) is 55.0 Å². The summed E-state index contributed by atoms with van der Waals surface area (Å²) in [5, 5.41) is 12.2. The van der Waals surface area contributed by atoms with Crippen molar-refractivity contribution in [2.24, 2.45) is 0 Å². The minimum absolute atomic E-state index is 0.00726. The number of aromatic amines is 1. The molecule has 7 nitrogen and oxygen atoms in total. The molecule has 1 saturated heterocycles. The number of Topliss-reactive ketones (excluding diaryl/α,β-unsaturated/α-hetero) is 1. The van der Waals surface area contributed by atoms with Crippen LogP contribution in [0.2, 0.25) is 0 Å². The molecule has 0 saturated carbocycles. The molecule has 6 rings (SSSR count). The predicted octanol–water partition coefficient (Wildman–Crippen LogP) is 6.29. The largest absolute Gasteiger partial charge is 0.507 e. The number of fused-ring (bicyclic) bond motifs is 1. The van der Waals surface area contributed by atoms with Gasteiger partial charge >= 0.3 is 0 Å². The van der Waals surface area contributed by atoms with E-state index in [1.807, 2.05) is 55.5 Å². The van der Waals surface area contributed by atoms with Crippen molar-refractivity contribution < 1.29 is 19.4 Å². The van der Waals surface area contributed by atoms with Crippen molar-refractivity contribution in [1.82, 2.24) is 9.97 Å². The number of para-hydroxylation sites is 1. The van der Waals surface area contributed by atoms with E-state index in [1.165, 1.54) is 4.90 Å². The maximum Gasteiger partial charge on any atom is 0.300 e. The molecule has 3 aromatic carbocycles. The lowest BCUT2D eigenvalue weighted by molar-refractivity contribution is -0.132. The maximum atomic E-state index is 13.4. The first kappa shape index (κ1) is 23.2. The summed E-state index contributed by atoms with van der Waals surface area (Å²) in [5.74, 6) is -0.439. The first-order chi connectivity index (χ1) is 18.5. The fourth-order valence-electron chi connectivity index (χ4n) is 4.85. The molecule has 1 unspecified atom stereocenters. The van der Waals surface area contributed by atoms with Crippen LogP contribution < -0.4 is 9.64 Å². The Balaban J connectivity index is 1.43. The fourth-order valence-corrected chi connectivity index (χ4v) is 4.85. The van der Waals surface area contributed by atoms with Crippen molar-refractivity contribution in [3.63, 3.8) is 0 Å². The number of benzene rings is 3. The Labute approximate surface area is 218 Å². The topological polar surface area (TPSA) is 95.5 Å². The van der Waals surface area contributed by atoms with E-state index < -0.39 is 17.7 Å². The summed E-state index contributed by atoms with van der Waals surface area (Å²) in [7, 11) is 0. The molecule has 2 aromatic heterocycles. The number of aromatic nitrogens is 2. The van der Waals surface area contributed by atoms with Crippen molar-refractivity contribution in [3.05, 3.63) is 126 Å². The molecule has 7 heteroatoms. The van der Waals surface area contributed by atoms with Crippen molar-refractivity contribution in [3.8, 4) is 11.5 Å². The van der Waals surface area contributed by atoms with Gasteiger partial charge in [0.1, 0.15) is 17.3 Å². The Morgan fingerprint density at radius 2 is 1.76 bits per heavy atom. The lowest BCUT2D eigenvalue weighted by Gasteiger charge is -2.25. The number of H-pyrrole nitrogens is 1. The maximum absolute atomic E-state index is 13.4. The van der Waals surface area contributed by atoms with Crippen molar-refractivity contribution in [2.75, 3.05) is 4.90 Å². The quantitative estimate of drug-likeness (QED) is 0.168. The number of anilines is 1. The second-order valence-corrected chi connectivity index (χ2v) is 9.12. The van der Waals surface area contributed by atoms with Crippen LogP contribution in [0.5, 0.6) is 11.5 Å². The van der Waals surface area contributed by atoms with Crippen LogP contribution in [0.4, 0.5) is 5.69 Å². The van der Waals surface area contributed by atoms with Crippen LogP contribution >= 0.6 is 0 Å². The Morgan fingerprint density at radius 3 is 2.53 bits per heavy atom. The summed E-state index contributed by atoms with van der Waals surface area (Å²) in [6, 6.07) is 24.8. The Kier molecular flexibility index (Phi) is 5.73. The third-order valence-electron chi connectivity index (χ3n) is 6.63. The third-order valence-corrected chi connectivity index (χ3v) is 6.63. The molecule has 1 amide bonds. The normalized spacial score (nSPS) is 16.8. The number of carbonyl (C=O) groups is 2. The first-order valence-electron chi connectivity index (χ1n) is 12.1. The number of hydrogen-bond acceptors (Lipinski definition) is 5. The van der Waals surface area contributed by atoms with Crippen LogP contribution in [0, 0.1) is 6.92 Å². The highest BCUT2D eigenvalue weighted by atomic mass is 16.5. The SMILES string of the molecule is Cc1cccc(Oc2ccc(N3C(=O)C(=O)/C(=C(\O)c4c[nH]c5ccccc45)C3c3cccnc3)cc2)c1. The molecule has 0 bridgehead atoms. The summed E-state index contributed by atoms with van der Waals surface area (Å²) < 4.78 is 5.95. The molecule has 0 aliphatic carbocycles. The van der Waals surface area contributed by atoms with E-state index in [0.29, 0.717) is 28.3 Å². The zero-order chi connectivity index (χ0) is 26.2. The van der Waals surface area contributed by atoms with Gasteiger partial charge in [-0.3, -0.25) is 19.5 Å². The van der Waals surface area contributed by atoms with Crippen LogP contribution in [-0.2, 0) is 9.59 Å². The van der Waals surface area contributed by atoms with E-state index in [0.717, 1.165) is 16.5 Å². The minimum atomic E-state index is -0.860. The monoisotopic (exact) mass is 501 g/mol. The minimum Gasteiger partial charge on any atom is -0.507 e. The van der Waals surface area contributed by atoms with Crippen molar-refractivity contribution in [1.29, 1.82) is 0 Å². The molecule has 0 spiro atoms. The number of hydrogen-bond donors (Lipinski definition) is 2. The van der Waals surface area contributed by atoms with E-state index >= 15 is 0 Å². The molecule has 38 heavy (non-hydrogen) atoms. The molecule has 1 aliphatic heterocycles. The molecule has 3 heterocycles. The summed E-state index contributed by atoms with van der Waals surface area (Å²) in [5.41, 5.74) is 3.45. The van der Waals surface area contributed by atoms with E-state index in [2.05, 4.69) is 9.97 Å². The summed E-state index contributed by atoms with van der Waals surface area (Å²) in [4.78, 5) is 35.6. The van der Waals surface area contributed by atoms with Gasteiger partial charge in [-0.05, 0) is 66.6 Å². The Hall–Kier alpha value is -5.17. The summed E-state index contributed by atoms with van der Waals surface area (Å²) in [6.07, 6.45) is 4.86. The first-order valence-corrected chi connectivity index (χ1v) is 12.1.